The molecule has 1 nitrogen and oxygen atoms in total. The van der Waals surface area contributed by atoms with Gasteiger partial charge >= 0.3 is 0 Å². The predicted octanol–water partition coefficient (Wildman–Crippen LogP) is 6.56. The third-order valence-electron chi connectivity index (χ3n) is 5.24. The second-order valence-corrected chi connectivity index (χ2v) is 7.27. The van der Waals surface area contributed by atoms with Gasteiger partial charge in [0.25, 0.3) is 0 Å². The van der Waals surface area contributed by atoms with Crippen LogP contribution in [0.15, 0.2) is 0 Å². The number of rotatable bonds is 13. The van der Waals surface area contributed by atoms with Gasteiger partial charge in [0.1, 0.15) is 0 Å². The Labute approximate surface area is 134 Å². The maximum Gasteiger partial charge on any atom is 0.00669 e. The quantitative estimate of drug-likeness (QED) is 0.348. The monoisotopic (exact) mass is 295 g/mol. The Morgan fingerprint density at radius 1 is 0.667 bits per heavy atom. The molecule has 21 heavy (non-hydrogen) atoms. The van der Waals surface area contributed by atoms with E-state index in [0.29, 0.717) is 0 Å². The lowest BCUT2D eigenvalue weighted by molar-refractivity contribution is 0.164. The second-order valence-electron chi connectivity index (χ2n) is 7.27. The van der Waals surface area contributed by atoms with Gasteiger partial charge in [0.15, 0.2) is 0 Å². The fourth-order valence-electron chi connectivity index (χ4n) is 3.65. The van der Waals surface area contributed by atoms with Crippen LogP contribution in [0, 0.1) is 0 Å². The molecule has 1 fully saturated rings. The van der Waals surface area contributed by atoms with Crippen LogP contribution < -0.4 is 0 Å². The first-order valence-corrected chi connectivity index (χ1v) is 10.1. The van der Waals surface area contributed by atoms with Crippen LogP contribution in [0.2, 0.25) is 0 Å². The first-order chi connectivity index (χ1) is 10.3. The third-order valence-corrected chi connectivity index (χ3v) is 5.24. The van der Waals surface area contributed by atoms with Crippen LogP contribution in [0.25, 0.3) is 0 Å². The highest BCUT2D eigenvalue weighted by atomic mass is 15.1. The van der Waals surface area contributed by atoms with Crippen molar-refractivity contribution in [2.75, 3.05) is 13.1 Å². The van der Waals surface area contributed by atoms with Crippen LogP contribution in [-0.2, 0) is 0 Å². The van der Waals surface area contributed by atoms with E-state index in [1.165, 1.54) is 109 Å². The molecule has 1 heterocycles. The molecule has 1 saturated heterocycles. The van der Waals surface area contributed by atoms with Crippen molar-refractivity contribution in [3.63, 3.8) is 0 Å². The normalized spacial score (nSPS) is 18.0. The molecular formula is C20H41N. The largest absolute Gasteiger partial charge is 0.301 e. The van der Waals surface area contributed by atoms with E-state index in [1.807, 2.05) is 0 Å². The molecule has 0 spiro atoms. The van der Waals surface area contributed by atoms with Gasteiger partial charge in [-0.2, -0.15) is 0 Å². The molecule has 126 valence electrons. The highest BCUT2D eigenvalue weighted by molar-refractivity contribution is 4.71. The summed E-state index contributed by atoms with van der Waals surface area (Å²) in [5, 5.41) is 0. The summed E-state index contributed by atoms with van der Waals surface area (Å²) >= 11 is 0. The predicted molar refractivity (Wildman–Crippen MR) is 96.0 cm³/mol. The van der Waals surface area contributed by atoms with Crippen LogP contribution in [0.4, 0.5) is 0 Å². The summed E-state index contributed by atoms with van der Waals surface area (Å²) in [7, 11) is 0. The number of unbranched alkanes of at least 4 members (excludes halogenated alkanes) is 10. The van der Waals surface area contributed by atoms with E-state index in [2.05, 4.69) is 18.7 Å². The van der Waals surface area contributed by atoms with E-state index in [-0.39, 0.29) is 0 Å². The highest BCUT2D eigenvalue weighted by Crippen LogP contribution is 2.17. The van der Waals surface area contributed by atoms with Crippen molar-refractivity contribution in [1.82, 2.24) is 4.90 Å². The van der Waals surface area contributed by atoms with Gasteiger partial charge in [-0.15, -0.1) is 0 Å². The topological polar surface area (TPSA) is 3.24 Å². The van der Waals surface area contributed by atoms with Gasteiger partial charge in [-0.25, -0.2) is 0 Å². The summed E-state index contributed by atoms with van der Waals surface area (Å²) in [4.78, 5) is 2.72. The minimum atomic E-state index is 0.837. The average molecular weight is 296 g/mol. The Hall–Kier alpha value is -0.0400. The number of hydrogen-bond acceptors (Lipinski definition) is 1. The van der Waals surface area contributed by atoms with Gasteiger partial charge in [0, 0.05) is 6.04 Å². The Morgan fingerprint density at radius 3 is 1.67 bits per heavy atom. The molecule has 1 aliphatic rings. The molecule has 0 aliphatic carbocycles. The van der Waals surface area contributed by atoms with Crippen LogP contribution in [0.3, 0.4) is 0 Å². The van der Waals surface area contributed by atoms with Crippen LogP contribution >= 0.6 is 0 Å². The van der Waals surface area contributed by atoms with Crippen molar-refractivity contribution >= 4 is 0 Å². The molecule has 0 amide bonds. The Bertz CT molecular complexity index is 208. The van der Waals surface area contributed by atoms with Gasteiger partial charge in [-0.1, -0.05) is 84.0 Å². The molecule has 1 rings (SSSR count). The lowest BCUT2D eigenvalue weighted by atomic mass is 10.0. The molecule has 1 heteroatoms. The van der Waals surface area contributed by atoms with Crippen molar-refractivity contribution in [3.05, 3.63) is 0 Å². The summed E-state index contributed by atoms with van der Waals surface area (Å²) in [6.45, 7) is 7.46. The maximum atomic E-state index is 2.72. The van der Waals surface area contributed by atoms with E-state index in [1.54, 1.807) is 0 Å². The summed E-state index contributed by atoms with van der Waals surface area (Å²) in [6.07, 6.45) is 21.8. The van der Waals surface area contributed by atoms with E-state index >= 15 is 0 Å². The molecule has 1 aliphatic heterocycles. The molecule has 1 unspecified atom stereocenters. The van der Waals surface area contributed by atoms with E-state index in [4.69, 9.17) is 0 Å². The Morgan fingerprint density at radius 2 is 1.14 bits per heavy atom. The number of likely N-dealkylation sites (tertiary alicyclic amines) is 1. The molecule has 0 bridgehead atoms. The summed E-state index contributed by atoms with van der Waals surface area (Å²) in [5.41, 5.74) is 0. The molecule has 0 aromatic rings. The summed E-state index contributed by atoms with van der Waals surface area (Å²) in [6, 6.07) is 0.837. The van der Waals surface area contributed by atoms with Crippen molar-refractivity contribution < 1.29 is 0 Å². The van der Waals surface area contributed by atoms with Crippen molar-refractivity contribution in [2.24, 2.45) is 0 Å². The fourth-order valence-corrected chi connectivity index (χ4v) is 3.65. The first kappa shape index (κ1) is 19.0. The van der Waals surface area contributed by atoms with Gasteiger partial charge in [0.05, 0.1) is 0 Å². The Balaban J connectivity index is 1.79. The molecule has 1 atom stereocenters. The Kier molecular flexibility index (Phi) is 12.3. The van der Waals surface area contributed by atoms with Crippen LogP contribution in [0.5, 0.6) is 0 Å². The number of hydrogen-bond donors (Lipinski definition) is 0. The van der Waals surface area contributed by atoms with Crippen LogP contribution in [0.1, 0.15) is 110 Å². The minimum absolute atomic E-state index is 0.837. The first-order valence-electron chi connectivity index (χ1n) is 10.1. The van der Waals surface area contributed by atoms with Gasteiger partial charge in [-0.3, -0.25) is 0 Å². The zero-order chi connectivity index (χ0) is 15.2. The highest BCUT2D eigenvalue weighted by Gasteiger charge is 2.15. The van der Waals surface area contributed by atoms with Crippen molar-refractivity contribution in [3.8, 4) is 0 Å². The average Bonchev–Trinajstić information content (AvgIpc) is 2.53. The molecule has 0 radical (unpaired) electrons. The standard InChI is InChI=1S/C20H41N/c1-3-4-5-6-7-8-9-10-11-12-14-17-20(2)21-18-15-13-16-19-21/h20H,3-19H2,1-2H3. The lowest BCUT2D eigenvalue weighted by Crippen LogP contribution is -2.37. The SMILES string of the molecule is CCCCCCCCCCCCCC(C)N1CCCCC1. The van der Waals surface area contributed by atoms with Gasteiger partial charge in [0.2, 0.25) is 0 Å². The zero-order valence-corrected chi connectivity index (χ0v) is 15.0. The summed E-state index contributed by atoms with van der Waals surface area (Å²) < 4.78 is 0. The van der Waals surface area contributed by atoms with Gasteiger partial charge in [-0.05, 0) is 39.3 Å². The van der Waals surface area contributed by atoms with Crippen molar-refractivity contribution in [1.29, 1.82) is 0 Å². The molecular weight excluding hydrogens is 254 g/mol. The second kappa shape index (κ2) is 13.6. The molecule has 0 saturated carbocycles. The van der Waals surface area contributed by atoms with E-state index < -0.39 is 0 Å². The van der Waals surface area contributed by atoms with E-state index in [9.17, 15) is 0 Å². The molecule has 0 aromatic carbocycles. The molecule has 0 N–H and O–H groups in total. The van der Waals surface area contributed by atoms with Crippen LogP contribution in [-0.4, -0.2) is 24.0 Å². The minimum Gasteiger partial charge on any atom is -0.301 e. The van der Waals surface area contributed by atoms with Gasteiger partial charge < -0.3 is 4.90 Å². The smallest absolute Gasteiger partial charge is 0.00669 e. The van der Waals surface area contributed by atoms with Crippen molar-refractivity contribution in [2.45, 2.75) is 116 Å². The molecule has 0 aromatic heterocycles. The zero-order valence-electron chi connectivity index (χ0n) is 15.0. The fraction of sp³-hybridized carbons (Fsp3) is 1.00. The third kappa shape index (κ3) is 10.3. The summed E-state index contributed by atoms with van der Waals surface area (Å²) in [5.74, 6) is 0. The maximum absolute atomic E-state index is 2.72. The number of piperidine rings is 1. The lowest BCUT2D eigenvalue weighted by Gasteiger charge is -2.32. The van der Waals surface area contributed by atoms with E-state index in [0.717, 1.165) is 6.04 Å². The number of nitrogens with zero attached hydrogens (tertiary/aromatic N) is 1.